The molecule has 1 rings (SSSR count). The van der Waals surface area contributed by atoms with Crippen LogP contribution in [0.25, 0.3) is 0 Å². The number of ketones is 1. The molecule has 0 bridgehead atoms. The Hall–Kier alpha value is -0.900. The summed E-state index contributed by atoms with van der Waals surface area (Å²) in [6.45, 7) is 3.86. The van der Waals surface area contributed by atoms with E-state index in [9.17, 15) is 4.79 Å². The molecule has 0 atom stereocenters. The lowest BCUT2D eigenvalue weighted by Gasteiger charge is -2.06. The topological polar surface area (TPSA) is 47.8 Å². The molecule has 0 saturated heterocycles. The van der Waals surface area contributed by atoms with Crippen LogP contribution in [-0.4, -0.2) is 26.4 Å². The first-order chi connectivity index (χ1) is 5.66. The summed E-state index contributed by atoms with van der Waals surface area (Å²) in [6, 6.07) is 0.134. The number of hydrogen-bond donors (Lipinski definition) is 0. The van der Waals surface area contributed by atoms with Crippen LogP contribution in [0.2, 0.25) is 0 Å². The lowest BCUT2D eigenvalue weighted by atomic mass is 10.3. The summed E-state index contributed by atoms with van der Waals surface area (Å²) >= 11 is 5.39. The van der Waals surface area contributed by atoms with Gasteiger partial charge in [-0.15, -0.1) is 11.6 Å². The Morgan fingerprint density at radius 1 is 1.75 bits per heavy atom. The first-order valence-electron chi connectivity index (χ1n) is 3.65. The molecule has 0 aliphatic heterocycles. The second-order valence-corrected chi connectivity index (χ2v) is 2.95. The zero-order chi connectivity index (χ0) is 9.14. The van der Waals surface area contributed by atoms with Crippen LogP contribution in [0.15, 0.2) is 6.33 Å². The highest BCUT2D eigenvalue weighted by Crippen LogP contribution is 2.05. The highest BCUT2D eigenvalue weighted by molar-refractivity contribution is 6.29. The standard InChI is InChI=1S/C7H10ClN3O/c1-5(2)11-7(6(12)3-8)9-4-10-11/h4-5H,3H2,1-2H3. The van der Waals surface area contributed by atoms with Gasteiger partial charge in [0, 0.05) is 6.04 Å². The fourth-order valence-electron chi connectivity index (χ4n) is 0.887. The summed E-state index contributed by atoms with van der Waals surface area (Å²) in [7, 11) is 0. The van der Waals surface area contributed by atoms with Crippen LogP contribution in [0.4, 0.5) is 0 Å². The van der Waals surface area contributed by atoms with E-state index >= 15 is 0 Å². The SMILES string of the molecule is CC(C)n1ncnc1C(=O)CCl. The maximum absolute atomic E-state index is 11.1. The molecule has 0 fully saturated rings. The maximum atomic E-state index is 11.1. The third-order valence-electron chi connectivity index (χ3n) is 1.43. The van der Waals surface area contributed by atoms with Gasteiger partial charge in [0.25, 0.3) is 0 Å². The van der Waals surface area contributed by atoms with Gasteiger partial charge >= 0.3 is 0 Å². The van der Waals surface area contributed by atoms with E-state index < -0.39 is 0 Å². The number of aromatic nitrogens is 3. The second kappa shape index (κ2) is 3.67. The van der Waals surface area contributed by atoms with Crippen molar-refractivity contribution in [1.29, 1.82) is 0 Å². The summed E-state index contributed by atoms with van der Waals surface area (Å²) in [6.07, 6.45) is 1.36. The number of carbonyl (C=O) groups is 1. The van der Waals surface area contributed by atoms with Gasteiger partial charge in [0.2, 0.25) is 5.78 Å². The monoisotopic (exact) mass is 187 g/mol. The van der Waals surface area contributed by atoms with E-state index in [-0.39, 0.29) is 17.7 Å². The van der Waals surface area contributed by atoms with Crippen LogP contribution >= 0.6 is 11.6 Å². The van der Waals surface area contributed by atoms with Crippen molar-refractivity contribution in [2.45, 2.75) is 19.9 Å². The molecule has 0 unspecified atom stereocenters. The number of alkyl halides is 1. The first-order valence-corrected chi connectivity index (χ1v) is 4.19. The average molecular weight is 188 g/mol. The van der Waals surface area contributed by atoms with Crippen LogP contribution in [0.1, 0.15) is 30.5 Å². The van der Waals surface area contributed by atoms with Gasteiger partial charge < -0.3 is 0 Å². The Kier molecular flexibility index (Phi) is 2.81. The summed E-state index contributed by atoms with van der Waals surface area (Å²) in [5.41, 5.74) is 0. The van der Waals surface area contributed by atoms with Crippen LogP contribution in [0, 0.1) is 0 Å². The highest BCUT2D eigenvalue weighted by atomic mass is 35.5. The molecule has 1 heterocycles. The predicted molar refractivity (Wildman–Crippen MR) is 45.5 cm³/mol. The number of hydrogen-bond acceptors (Lipinski definition) is 3. The second-order valence-electron chi connectivity index (χ2n) is 2.68. The van der Waals surface area contributed by atoms with Gasteiger partial charge in [-0.1, -0.05) is 0 Å². The van der Waals surface area contributed by atoms with Gasteiger partial charge in [-0.25, -0.2) is 9.67 Å². The van der Waals surface area contributed by atoms with E-state index in [1.54, 1.807) is 4.68 Å². The lowest BCUT2D eigenvalue weighted by molar-refractivity contribution is 0.0999. The molecule has 0 spiro atoms. The van der Waals surface area contributed by atoms with E-state index in [1.807, 2.05) is 13.8 Å². The Morgan fingerprint density at radius 2 is 2.42 bits per heavy atom. The van der Waals surface area contributed by atoms with E-state index in [0.717, 1.165) is 0 Å². The minimum atomic E-state index is -0.192. The third kappa shape index (κ3) is 1.64. The fraction of sp³-hybridized carbons (Fsp3) is 0.571. The van der Waals surface area contributed by atoms with E-state index in [4.69, 9.17) is 11.6 Å². The van der Waals surface area contributed by atoms with E-state index in [2.05, 4.69) is 10.1 Å². The van der Waals surface area contributed by atoms with Crippen LogP contribution < -0.4 is 0 Å². The Morgan fingerprint density at radius 3 is 2.92 bits per heavy atom. The van der Waals surface area contributed by atoms with Gasteiger partial charge in [0.15, 0.2) is 5.82 Å². The highest BCUT2D eigenvalue weighted by Gasteiger charge is 2.13. The first kappa shape index (κ1) is 9.19. The number of nitrogens with zero attached hydrogens (tertiary/aromatic N) is 3. The quantitative estimate of drug-likeness (QED) is 0.529. The van der Waals surface area contributed by atoms with Crippen molar-refractivity contribution in [3.8, 4) is 0 Å². The predicted octanol–water partition coefficient (Wildman–Crippen LogP) is 1.28. The summed E-state index contributed by atoms with van der Waals surface area (Å²) in [4.78, 5) is 15.0. The molecule has 1 aromatic rings. The molecule has 0 amide bonds. The van der Waals surface area contributed by atoms with Crippen molar-refractivity contribution in [1.82, 2.24) is 14.8 Å². The molecule has 12 heavy (non-hydrogen) atoms. The number of carbonyl (C=O) groups excluding carboxylic acids is 1. The number of halogens is 1. The summed E-state index contributed by atoms with van der Waals surface area (Å²) in [5.74, 6) is 0.0914. The van der Waals surface area contributed by atoms with Gasteiger partial charge in [-0.2, -0.15) is 5.10 Å². The van der Waals surface area contributed by atoms with Crippen molar-refractivity contribution < 1.29 is 4.79 Å². The van der Waals surface area contributed by atoms with Crippen LogP contribution in [0.5, 0.6) is 0 Å². The van der Waals surface area contributed by atoms with Gasteiger partial charge in [-0.3, -0.25) is 4.79 Å². The smallest absolute Gasteiger partial charge is 0.214 e. The minimum absolute atomic E-state index is 0.0502. The Balaban J connectivity index is 2.99. The molecule has 4 nitrogen and oxygen atoms in total. The Bertz CT molecular complexity index is 282. The van der Waals surface area contributed by atoms with Crippen molar-refractivity contribution in [2.24, 2.45) is 0 Å². The van der Waals surface area contributed by atoms with Gasteiger partial charge in [0.1, 0.15) is 6.33 Å². The molecular weight excluding hydrogens is 178 g/mol. The summed E-state index contributed by atoms with van der Waals surface area (Å²) in [5, 5.41) is 3.91. The molecule has 66 valence electrons. The van der Waals surface area contributed by atoms with Crippen molar-refractivity contribution in [3.63, 3.8) is 0 Å². The van der Waals surface area contributed by atoms with Gasteiger partial charge in [0.05, 0.1) is 5.88 Å². The maximum Gasteiger partial charge on any atom is 0.214 e. The average Bonchev–Trinajstić information content (AvgIpc) is 2.50. The molecule has 0 aliphatic rings. The van der Waals surface area contributed by atoms with E-state index in [1.165, 1.54) is 6.33 Å². The van der Waals surface area contributed by atoms with Crippen molar-refractivity contribution in [3.05, 3.63) is 12.2 Å². The van der Waals surface area contributed by atoms with Gasteiger partial charge in [-0.05, 0) is 13.8 Å². The van der Waals surface area contributed by atoms with Crippen molar-refractivity contribution in [2.75, 3.05) is 5.88 Å². The van der Waals surface area contributed by atoms with E-state index in [0.29, 0.717) is 5.82 Å². The Labute approximate surface area is 75.5 Å². The normalized spacial score (nSPS) is 10.7. The molecule has 0 N–H and O–H groups in total. The summed E-state index contributed by atoms with van der Waals surface area (Å²) < 4.78 is 1.56. The lowest BCUT2D eigenvalue weighted by Crippen LogP contribution is -2.14. The largest absolute Gasteiger partial charge is 0.289 e. The molecule has 0 aromatic carbocycles. The zero-order valence-electron chi connectivity index (χ0n) is 6.99. The molecule has 5 heteroatoms. The molecule has 0 aliphatic carbocycles. The number of rotatable bonds is 3. The molecule has 0 saturated carbocycles. The zero-order valence-corrected chi connectivity index (χ0v) is 7.75. The third-order valence-corrected chi connectivity index (χ3v) is 1.68. The molecule has 1 aromatic heterocycles. The molecular formula is C7H10ClN3O. The van der Waals surface area contributed by atoms with Crippen LogP contribution in [-0.2, 0) is 0 Å². The fourth-order valence-corrected chi connectivity index (χ4v) is 1.01. The molecule has 0 radical (unpaired) electrons. The van der Waals surface area contributed by atoms with Crippen molar-refractivity contribution >= 4 is 17.4 Å². The van der Waals surface area contributed by atoms with Crippen LogP contribution in [0.3, 0.4) is 0 Å². The minimum Gasteiger partial charge on any atom is -0.289 e. The number of Topliss-reactive ketones (excluding diaryl/α,β-unsaturated/α-hetero) is 1.